The highest BCUT2D eigenvalue weighted by Crippen LogP contribution is 2.25. The number of aliphatic hydroxyl groups is 1. The molecule has 2 rings (SSSR count). The Morgan fingerprint density at radius 1 is 1.63 bits per heavy atom. The van der Waals surface area contributed by atoms with Crippen molar-refractivity contribution in [2.75, 3.05) is 13.2 Å². The van der Waals surface area contributed by atoms with Crippen LogP contribution < -0.4 is 5.32 Å². The molecule has 1 aliphatic heterocycles. The van der Waals surface area contributed by atoms with Crippen molar-refractivity contribution in [2.24, 2.45) is 0 Å². The molecule has 5 heteroatoms. The van der Waals surface area contributed by atoms with Gasteiger partial charge in [0, 0.05) is 24.0 Å². The number of halogens is 1. The van der Waals surface area contributed by atoms with E-state index in [1.807, 2.05) is 32.0 Å². The lowest BCUT2D eigenvalue weighted by Gasteiger charge is -2.26. The summed E-state index contributed by atoms with van der Waals surface area (Å²) in [6, 6.07) is 5.60. The average Bonchev–Trinajstić information content (AvgIpc) is 2.70. The van der Waals surface area contributed by atoms with E-state index in [0.29, 0.717) is 18.6 Å². The van der Waals surface area contributed by atoms with Crippen LogP contribution in [0.2, 0.25) is 0 Å². The molecule has 0 aliphatic carbocycles. The SMILES string of the molecule is Cc1ccc(Br)c(C(=O)NCC2(O)CCOC2C)c1. The molecule has 1 amide bonds. The third-order valence-corrected chi connectivity index (χ3v) is 4.27. The molecule has 0 aromatic heterocycles. The highest BCUT2D eigenvalue weighted by Gasteiger charge is 2.39. The quantitative estimate of drug-likeness (QED) is 0.893. The van der Waals surface area contributed by atoms with Gasteiger partial charge in [-0.2, -0.15) is 0 Å². The fourth-order valence-electron chi connectivity index (χ4n) is 2.14. The molecule has 1 fully saturated rings. The van der Waals surface area contributed by atoms with Gasteiger partial charge in [0.2, 0.25) is 0 Å². The van der Waals surface area contributed by atoms with Crippen LogP contribution >= 0.6 is 15.9 Å². The molecule has 19 heavy (non-hydrogen) atoms. The Morgan fingerprint density at radius 2 is 2.37 bits per heavy atom. The molecule has 1 aliphatic rings. The van der Waals surface area contributed by atoms with Crippen LogP contribution in [0.4, 0.5) is 0 Å². The van der Waals surface area contributed by atoms with Gasteiger partial charge in [0.15, 0.2) is 0 Å². The zero-order chi connectivity index (χ0) is 14.0. The summed E-state index contributed by atoms with van der Waals surface area (Å²) in [6.45, 7) is 4.49. The summed E-state index contributed by atoms with van der Waals surface area (Å²) in [5.41, 5.74) is 0.631. The lowest BCUT2D eigenvalue weighted by atomic mass is 9.96. The van der Waals surface area contributed by atoms with Crippen LogP contribution in [-0.4, -0.2) is 35.9 Å². The second-order valence-electron chi connectivity index (χ2n) is 5.03. The molecule has 1 heterocycles. The van der Waals surface area contributed by atoms with Crippen LogP contribution in [0.5, 0.6) is 0 Å². The second kappa shape index (κ2) is 5.61. The third kappa shape index (κ3) is 3.16. The summed E-state index contributed by atoms with van der Waals surface area (Å²) in [5.74, 6) is -0.192. The molecule has 1 aromatic carbocycles. The Bertz CT molecular complexity index is 492. The number of ether oxygens (including phenoxy) is 1. The number of hydrogen-bond donors (Lipinski definition) is 2. The zero-order valence-corrected chi connectivity index (χ0v) is 12.7. The maximum Gasteiger partial charge on any atom is 0.252 e. The number of amides is 1. The summed E-state index contributed by atoms with van der Waals surface area (Å²) < 4.78 is 6.09. The van der Waals surface area contributed by atoms with Crippen molar-refractivity contribution >= 4 is 21.8 Å². The van der Waals surface area contributed by atoms with Crippen molar-refractivity contribution in [2.45, 2.75) is 32.0 Å². The second-order valence-corrected chi connectivity index (χ2v) is 5.89. The number of benzene rings is 1. The minimum absolute atomic E-state index is 0.192. The molecule has 104 valence electrons. The fourth-order valence-corrected chi connectivity index (χ4v) is 2.57. The topological polar surface area (TPSA) is 58.6 Å². The van der Waals surface area contributed by atoms with Crippen molar-refractivity contribution in [1.82, 2.24) is 5.32 Å². The minimum atomic E-state index is -0.966. The van der Waals surface area contributed by atoms with Crippen LogP contribution in [0, 0.1) is 6.92 Å². The smallest absolute Gasteiger partial charge is 0.252 e. The van der Waals surface area contributed by atoms with Gasteiger partial charge < -0.3 is 15.2 Å². The van der Waals surface area contributed by atoms with Gasteiger partial charge in [-0.15, -0.1) is 0 Å². The molecule has 0 bridgehead atoms. The van der Waals surface area contributed by atoms with Gasteiger partial charge in [0.05, 0.1) is 11.7 Å². The largest absolute Gasteiger partial charge is 0.385 e. The van der Waals surface area contributed by atoms with Crippen molar-refractivity contribution < 1.29 is 14.6 Å². The minimum Gasteiger partial charge on any atom is -0.385 e. The lowest BCUT2D eigenvalue weighted by molar-refractivity contribution is -0.0251. The first-order valence-electron chi connectivity index (χ1n) is 6.31. The summed E-state index contributed by atoms with van der Waals surface area (Å²) in [7, 11) is 0. The first-order chi connectivity index (χ1) is 8.92. The van der Waals surface area contributed by atoms with E-state index in [4.69, 9.17) is 4.74 Å². The lowest BCUT2D eigenvalue weighted by Crippen LogP contribution is -2.47. The van der Waals surface area contributed by atoms with E-state index < -0.39 is 5.60 Å². The fraction of sp³-hybridized carbons (Fsp3) is 0.500. The molecule has 2 unspecified atom stereocenters. The van der Waals surface area contributed by atoms with Gasteiger partial charge in [0.1, 0.15) is 5.60 Å². The maximum atomic E-state index is 12.1. The number of nitrogens with one attached hydrogen (secondary N) is 1. The van der Waals surface area contributed by atoms with Gasteiger partial charge >= 0.3 is 0 Å². The van der Waals surface area contributed by atoms with Crippen LogP contribution in [0.25, 0.3) is 0 Å². The highest BCUT2D eigenvalue weighted by molar-refractivity contribution is 9.10. The van der Waals surface area contributed by atoms with Crippen LogP contribution in [0.3, 0.4) is 0 Å². The van der Waals surface area contributed by atoms with Crippen molar-refractivity contribution in [1.29, 1.82) is 0 Å². The molecule has 0 saturated carbocycles. The Hall–Kier alpha value is -0.910. The van der Waals surface area contributed by atoms with Crippen molar-refractivity contribution in [3.05, 3.63) is 33.8 Å². The summed E-state index contributed by atoms with van der Waals surface area (Å²) in [4.78, 5) is 12.1. The first-order valence-corrected chi connectivity index (χ1v) is 7.10. The molecule has 1 saturated heterocycles. The van der Waals surface area contributed by atoms with Gasteiger partial charge in [-0.05, 0) is 41.9 Å². The van der Waals surface area contributed by atoms with Crippen molar-refractivity contribution in [3.63, 3.8) is 0 Å². The maximum absolute atomic E-state index is 12.1. The van der Waals surface area contributed by atoms with Crippen molar-refractivity contribution in [3.8, 4) is 0 Å². The zero-order valence-electron chi connectivity index (χ0n) is 11.1. The molecule has 0 radical (unpaired) electrons. The van der Waals surface area contributed by atoms with Gasteiger partial charge in [-0.3, -0.25) is 4.79 Å². The number of hydrogen-bond acceptors (Lipinski definition) is 3. The monoisotopic (exact) mass is 327 g/mol. The van der Waals surface area contributed by atoms with E-state index in [1.165, 1.54) is 0 Å². The van der Waals surface area contributed by atoms with Gasteiger partial charge in [-0.25, -0.2) is 0 Å². The van der Waals surface area contributed by atoms with E-state index in [2.05, 4.69) is 21.2 Å². The Kier molecular flexibility index (Phi) is 4.28. The Morgan fingerprint density at radius 3 is 3.00 bits per heavy atom. The van der Waals surface area contributed by atoms with E-state index in [9.17, 15) is 9.90 Å². The summed E-state index contributed by atoms with van der Waals surface area (Å²) >= 11 is 3.36. The Balaban J connectivity index is 2.03. The molecule has 0 spiro atoms. The summed E-state index contributed by atoms with van der Waals surface area (Å²) in [6.07, 6.45) is 0.289. The number of carbonyl (C=O) groups excluding carboxylic acids is 1. The predicted molar refractivity (Wildman–Crippen MR) is 76.2 cm³/mol. The molecule has 2 N–H and O–H groups in total. The number of aryl methyl sites for hydroxylation is 1. The summed E-state index contributed by atoms with van der Waals surface area (Å²) in [5, 5.41) is 13.1. The van der Waals surface area contributed by atoms with Gasteiger partial charge in [0.25, 0.3) is 5.91 Å². The number of carbonyl (C=O) groups is 1. The highest BCUT2D eigenvalue weighted by atomic mass is 79.9. The normalized spacial score (nSPS) is 26.4. The van der Waals surface area contributed by atoms with Crippen LogP contribution in [-0.2, 0) is 4.74 Å². The third-order valence-electron chi connectivity index (χ3n) is 3.58. The molecule has 1 aromatic rings. The standard InChI is InChI=1S/C14H18BrNO3/c1-9-3-4-12(15)11(7-9)13(17)16-8-14(18)5-6-19-10(14)2/h3-4,7,10,18H,5-6,8H2,1-2H3,(H,16,17). The van der Waals surface area contributed by atoms with E-state index >= 15 is 0 Å². The van der Waals surface area contributed by atoms with E-state index in [0.717, 1.165) is 10.0 Å². The molecule has 2 atom stereocenters. The first kappa shape index (κ1) is 14.5. The van der Waals surface area contributed by atoms with E-state index in [-0.39, 0.29) is 18.6 Å². The molecular formula is C14H18BrNO3. The average molecular weight is 328 g/mol. The van der Waals surface area contributed by atoms with E-state index in [1.54, 1.807) is 0 Å². The molecule has 4 nitrogen and oxygen atoms in total. The van der Waals surface area contributed by atoms with Gasteiger partial charge in [-0.1, -0.05) is 11.6 Å². The number of rotatable bonds is 3. The van der Waals surface area contributed by atoms with Crippen LogP contribution in [0.1, 0.15) is 29.3 Å². The molecular weight excluding hydrogens is 310 g/mol. The Labute approximate surface area is 121 Å². The predicted octanol–water partition coefficient (Wildman–Crippen LogP) is 2.03. The van der Waals surface area contributed by atoms with Crippen LogP contribution in [0.15, 0.2) is 22.7 Å².